The van der Waals surface area contributed by atoms with Gasteiger partial charge < -0.3 is 5.73 Å². The quantitative estimate of drug-likeness (QED) is 0.803. The Balaban J connectivity index is 1.93. The molecule has 3 rings (SSSR count). The summed E-state index contributed by atoms with van der Waals surface area (Å²) in [4.78, 5) is 0. The van der Waals surface area contributed by atoms with Crippen LogP contribution in [0.4, 0.5) is 4.39 Å². The van der Waals surface area contributed by atoms with Gasteiger partial charge in [-0.25, -0.2) is 4.39 Å². The van der Waals surface area contributed by atoms with Crippen LogP contribution in [-0.2, 0) is 13.5 Å². The van der Waals surface area contributed by atoms with E-state index < -0.39 is 5.82 Å². The molecule has 3 nitrogen and oxygen atoms in total. The molecule has 0 fully saturated rings. The summed E-state index contributed by atoms with van der Waals surface area (Å²) in [6.45, 7) is 0. The molecule has 0 saturated heterocycles. The van der Waals surface area contributed by atoms with E-state index >= 15 is 0 Å². The van der Waals surface area contributed by atoms with Crippen LogP contribution in [-0.4, -0.2) is 9.78 Å². The minimum Gasteiger partial charge on any atom is -0.322 e. The predicted molar refractivity (Wildman–Crippen MR) is 82.8 cm³/mol. The summed E-state index contributed by atoms with van der Waals surface area (Å²) < 4.78 is 15.3. The minimum absolute atomic E-state index is 0.121. The second-order valence-corrected chi connectivity index (χ2v) is 5.49. The van der Waals surface area contributed by atoms with Crippen molar-refractivity contribution in [2.24, 2.45) is 12.8 Å². The maximum atomic E-state index is 13.5. The zero-order chi connectivity index (χ0) is 15.0. The highest BCUT2D eigenvalue weighted by molar-refractivity contribution is 6.30. The Hall–Kier alpha value is -1.91. The van der Waals surface area contributed by atoms with E-state index in [2.05, 4.69) is 5.10 Å². The molecule has 0 aliphatic heterocycles. The Morgan fingerprint density at radius 1 is 1.29 bits per heavy atom. The van der Waals surface area contributed by atoms with E-state index in [9.17, 15) is 4.39 Å². The number of aryl methyl sites for hydroxylation is 1. The molecule has 2 N–H and O–H groups in total. The Bertz CT molecular complexity index is 797. The number of benzene rings is 2. The summed E-state index contributed by atoms with van der Waals surface area (Å²) in [7, 11) is 1.89. The van der Waals surface area contributed by atoms with Gasteiger partial charge in [-0.3, -0.25) is 4.68 Å². The molecule has 5 heteroatoms. The lowest BCUT2D eigenvalue weighted by atomic mass is 10.0. The fraction of sp³-hybridized carbons (Fsp3) is 0.188. The van der Waals surface area contributed by atoms with Crippen LogP contribution in [0.25, 0.3) is 10.9 Å². The average Bonchev–Trinajstić information content (AvgIpc) is 2.81. The normalized spacial score (nSPS) is 12.8. The van der Waals surface area contributed by atoms with Gasteiger partial charge in [0.15, 0.2) is 0 Å². The Morgan fingerprint density at radius 2 is 2.05 bits per heavy atom. The van der Waals surface area contributed by atoms with Gasteiger partial charge in [-0.1, -0.05) is 35.9 Å². The summed E-state index contributed by atoms with van der Waals surface area (Å²) in [6, 6.07) is 12.4. The lowest BCUT2D eigenvalue weighted by Gasteiger charge is -2.10. The molecule has 0 spiro atoms. The number of fused-ring (bicyclic) bond motifs is 1. The fourth-order valence-electron chi connectivity index (χ4n) is 2.53. The molecular formula is C16H15ClFN3. The third kappa shape index (κ3) is 2.64. The van der Waals surface area contributed by atoms with Crippen molar-refractivity contribution in [3.63, 3.8) is 0 Å². The van der Waals surface area contributed by atoms with Gasteiger partial charge in [0.1, 0.15) is 5.82 Å². The lowest BCUT2D eigenvalue weighted by molar-refractivity contribution is 0.619. The van der Waals surface area contributed by atoms with E-state index in [-0.39, 0.29) is 11.1 Å². The van der Waals surface area contributed by atoms with Crippen molar-refractivity contribution in [3.8, 4) is 0 Å². The summed E-state index contributed by atoms with van der Waals surface area (Å²) in [6.07, 6.45) is 0.509. The summed E-state index contributed by atoms with van der Waals surface area (Å²) >= 11 is 5.69. The van der Waals surface area contributed by atoms with E-state index in [1.54, 1.807) is 12.1 Å². The molecule has 3 aromatic rings. The standard InChI is InChI=1S/C16H15ClFN3/c1-21-15-5-3-2-4-11(15)16(20-21)14(19)9-10-6-7-12(17)13(18)8-10/h2-8,14H,9,19H2,1H3. The Morgan fingerprint density at radius 3 is 2.81 bits per heavy atom. The first-order chi connectivity index (χ1) is 10.1. The van der Waals surface area contributed by atoms with E-state index in [1.165, 1.54) is 6.07 Å². The van der Waals surface area contributed by atoms with Crippen LogP contribution < -0.4 is 5.73 Å². The molecule has 1 heterocycles. The number of nitrogens with zero attached hydrogens (tertiary/aromatic N) is 2. The average molecular weight is 304 g/mol. The maximum Gasteiger partial charge on any atom is 0.142 e. The van der Waals surface area contributed by atoms with Crippen molar-refractivity contribution in [1.29, 1.82) is 0 Å². The molecular weight excluding hydrogens is 289 g/mol. The van der Waals surface area contributed by atoms with Crippen LogP contribution >= 0.6 is 11.6 Å². The van der Waals surface area contributed by atoms with Crippen LogP contribution in [0.3, 0.4) is 0 Å². The van der Waals surface area contributed by atoms with Gasteiger partial charge in [0.2, 0.25) is 0 Å². The molecule has 108 valence electrons. The minimum atomic E-state index is -0.424. The van der Waals surface area contributed by atoms with E-state index in [0.29, 0.717) is 6.42 Å². The lowest BCUT2D eigenvalue weighted by Crippen LogP contribution is -2.14. The van der Waals surface area contributed by atoms with E-state index in [0.717, 1.165) is 22.2 Å². The second-order valence-electron chi connectivity index (χ2n) is 5.09. The zero-order valence-corrected chi connectivity index (χ0v) is 12.3. The first kappa shape index (κ1) is 14.0. The summed E-state index contributed by atoms with van der Waals surface area (Å²) in [5.74, 6) is -0.424. The van der Waals surface area contributed by atoms with E-state index in [1.807, 2.05) is 36.0 Å². The van der Waals surface area contributed by atoms with Gasteiger partial charge in [-0.05, 0) is 30.2 Å². The number of aromatic nitrogens is 2. The zero-order valence-electron chi connectivity index (χ0n) is 11.6. The third-order valence-electron chi connectivity index (χ3n) is 3.58. The molecule has 0 amide bonds. The van der Waals surface area contributed by atoms with Gasteiger partial charge in [0.05, 0.1) is 22.3 Å². The first-order valence-corrected chi connectivity index (χ1v) is 7.05. The van der Waals surface area contributed by atoms with Crippen LogP contribution in [0.15, 0.2) is 42.5 Å². The van der Waals surface area contributed by atoms with Gasteiger partial charge in [0.25, 0.3) is 0 Å². The number of hydrogen-bond acceptors (Lipinski definition) is 2. The third-order valence-corrected chi connectivity index (χ3v) is 3.88. The number of para-hydroxylation sites is 1. The van der Waals surface area contributed by atoms with E-state index in [4.69, 9.17) is 17.3 Å². The van der Waals surface area contributed by atoms with Gasteiger partial charge in [0, 0.05) is 12.4 Å². The molecule has 1 aromatic heterocycles. The van der Waals surface area contributed by atoms with Crippen LogP contribution in [0.1, 0.15) is 17.3 Å². The molecule has 1 atom stereocenters. The SMILES string of the molecule is Cn1nc(C(N)Cc2ccc(Cl)c(F)c2)c2ccccc21. The molecule has 0 bridgehead atoms. The van der Waals surface area contributed by atoms with Crippen LogP contribution in [0.2, 0.25) is 5.02 Å². The van der Waals surface area contributed by atoms with Crippen molar-refractivity contribution in [2.75, 3.05) is 0 Å². The Labute approximate surface area is 127 Å². The van der Waals surface area contributed by atoms with Crippen molar-refractivity contribution in [2.45, 2.75) is 12.5 Å². The van der Waals surface area contributed by atoms with Gasteiger partial charge in [-0.2, -0.15) is 5.10 Å². The van der Waals surface area contributed by atoms with Gasteiger partial charge in [-0.15, -0.1) is 0 Å². The summed E-state index contributed by atoms with van der Waals surface area (Å²) in [5, 5.41) is 5.65. The molecule has 2 aromatic carbocycles. The van der Waals surface area contributed by atoms with Gasteiger partial charge >= 0.3 is 0 Å². The molecule has 0 aliphatic carbocycles. The van der Waals surface area contributed by atoms with Crippen molar-refractivity contribution in [1.82, 2.24) is 9.78 Å². The molecule has 0 radical (unpaired) electrons. The molecule has 0 aliphatic rings. The fourth-order valence-corrected chi connectivity index (χ4v) is 2.65. The smallest absolute Gasteiger partial charge is 0.142 e. The molecule has 21 heavy (non-hydrogen) atoms. The van der Waals surface area contributed by atoms with Crippen molar-refractivity contribution < 1.29 is 4.39 Å². The number of halogens is 2. The van der Waals surface area contributed by atoms with Crippen LogP contribution in [0.5, 0.6) is 0 Å². The maximum absolute atomic E-state index is 13.5. The highest BCUT2D eigenvalue weighted by atomic mass is 35.5. The number of nitrogens with two attached hydrogens (primary N) is 1. The summed E-state index contributed by atoms with van der Waals surface area (Å²) in [5.41, 5.74) is 8.92. The monoisotopic (exact) mass is 303 g/mol. The number of rotatable bonds is 3. The molecule has 1 unspecified atom stereocenters. The highest BCUT2D eigenvalue weighted by Crippen LogP contribution is 2.25. The molecule has 0 saturated carbocycles. The first-order valence-electron chi connectivity index (χ1n) is 6.67. The predicted octanol–water partition coefficient (Wildman–Crippen LogP) is 3.61. The second kappa shape index (κ2) is 5.47. The topological polar surface area (TPSA) is 43.8 Å². The largest absolute Gasteiger partial charge is 0.322 e. The van der Waals surface area contributed by atoms with Crippen molar-refractivity contribution in [3.05, 3.63) is 64.6 Å². The highest BCUT2D eigenvalue weighted by Gasteiger charge is 2.16. The number of hydrogen-bond donors (Lipinski definition) is 1. The van der Waals surface area contributed by atoms with Crippen LogP contribution in [0, 0.1) is 5.82 Å². The van der Waals surface area contributed by atoms with Crippen molar-refractivity contribution >= 4 is 22.5 Å². The Kier molecular flexibility index (Phi) is 3.66.